The van der Waals surface area contributed by atoms with Gasteiger partial charge in [0.1, 0.15) is 11.5 Å². The highest BCUT2D eigenvalue weighted by Crippen LogP contribution is 2.65. The van der Waals surface area contributed by atoms with Crippen LogP contribution in [0.5, 0.6) is 11.5 Å². The third kappa shape index (κ3) is 5.50. The van der Waals surface area contributed by atoms with E-state index >= 15 is 9.59 Å². The quantitative estimate of drug-likeness (QED) is 0.120. The number of nitrogens with one attached hydrogen (secondary N) is 1. The lowest BCUT2D eigenvalue weighted by Gasteiger charge is -2.49. The van der Waals surface area contributed by atoms with Gasteiger partial charge in [-0.3, -0.25) is 28.8 Å². The minimum absolute atomic E-state index is 0.143. The first-order valence-electron chi connectivity index (χ1n) is 19.9. The summed E-state index contributed by atoms with van der Waals surface area (Å²) in [6.07, 6.45) is 2.40. The maximum absolute atomic E-state index is 15.2. The van der Waals surface area contributed by atoms with Crippen LogP contribution in [0.2, 0.25) is 5.02 Å². The first-order valence-corrected chi connectivity index (χ1v) is 21.1. The lowest BCUT2D eigenvalue weighted by molar-refractivity contribution is -0.131. The highest BCUT2D eigenvalue weighted by Gasteiger charge is 2.68. The molecule has 0 bridgehead atoms. The largest absolute Gasteiger partial charge is 0.504 e. The average molecular weight is 838 g/mol. The van der Waals surface area contributed by atoms with E-state index in [1.54, 1.807) is 66.4 Å². The molecule has 6 aromatic rings. The van der Waals surface area contributed by atoms with Crippen molar-refractivity contribution >= 4 is 79.5 Å². The summed E-state index contributed by atoms with van der Waals surface area (Å²) in [6, 6.07) is 29.5. The molecule has 4 aromatic carbocycles. The number of carbonyl (C=O) groups is 4. The molecule has 2 aliphatic carbocycles. The Morgan fingerprint density at radius 3 is 2.38 bits per heavy atom. The Balaban J connectivity index is 1.04. The van der Waals surface area contributed by atoms with Gasteiger partial charge in [-0.15, -0.1) is 11.3 Å². The van der Waals surface area contributed by atoms with Crippen molar-refractivity contribution in [1.29, 1.82) is 0 Å². The summed E-state index contributed by atoms with van der Waals surface area (Å²) in [6.45, 7) is 3.80. The van der Waals surface area contributed by atoms with Crippen molar-refractivity contribution < 1.29 is 29.0 Å². The molecule has 11 nitrogen and oxygen atoms in total. The van der Waals surface area contributed by atoms with Gasteiger partial charge in [-0.05, 0) is 104 Å². The van der Waals surface area contributed by atoms with Crippen LogP contribution in [0.3, 0.4) is 0 Å². The van der Waals surface area contributed by atoms with E-state index in [0.29, 0.717) is 27.8 Å². The number of ether oxygens (including phenoxy) is 1. The first kappa shape index (κ1) is 38.0. The number of amides is 4. The zero-order valence-electron chi connectivity index (χ0n) is 33.2. The number of benzene rings is 4. The summed E-state index contributed by atoms with van der Waals surface area (Å²) in [5.74, 6) is -4.80. The van der Waals surface area contributed by atoms with Crippen LogP contribution < -0.4 is 19.9 Å². The van der Waals surface area contributed by atoms with Gasteiger partial charge >= 0.3 is 0 Å². The van der Waals surface area contributed by atoms with Crippen molar-refractivity contribution in [2.45, 2.75) is 32.6 Å². The van der Waals surface area contributed by atoms with E-state index in [0.717, 1.165) is 37.5 Å². The molecule has 2 aliphatic heterocycles. The topological polar surface area (TPSA) is 134 Å². The van der Waals surface area contributed by atoms with Gasteiger partial charge in [0.05, 0.1) is 40.8 Å². The molecule has 1 saturated carbocycles. The lowest BCUT2D eigenvalue weighted by Crippen LogP contribution is -2.49. The fraction of sp³-hybridized carbons (Fsp3) is 0.255. The minimum atomic E-state index is -1.38. The minimum Gasteiger partial charge on any atom is -0.504 e. The van der Waals surface area contributed by atoms with Crippen LogP contribution in [0.1, 0.15) is 36.8 Å². The smallest absolute Gasteiger partial charge is 0.242 e. The van der Waals surface area contributed by atoms with Crippen molar-refractivity contribution in [1.82, 2.24) is 9.78 Å². The molecule has 2 aromatic heterocycles. The van der Waals surface area contributed by atoms with Crippen molar-refractivity contribution in [3.8, 4) is 22.1 Å². The summed E-state index contributed by atoms with van der Waals surface area (Å²) < 4.78 is 8.13. The van der Waals surface area contributed by atoms with E-state index in [4.69, 9.17) is 21.4 Å². The second-order valence-electron chi connectivity index (χ2n) is 16.3. The number of fused-ring (bicyclic) bond motifs is 5. The number of hydrogen-bond acceptors (Lipinski definition) is 9. The van der Waals surface area contributed by atoms with Gasteiger partial charge in [0.25, 0.3) is 0 Å². The number of hydrogen-bond donors (Lipinski definition) is 2. The molecule has 3 fully saturated rings. The first-order chi connectivity index (χ1) is 28.9. The Kier molecular flexibility index (Phi) is 8.82. The Hall–Kier alpha value is -6.24. The van der Waals surface area contributed by atoms with E-state index in [1.807, 2.05) is 73.7 Å². The van der Waals surface area contributed by atoms with E-state index < -0.39 is 46.8 Å². The van der Waals surface area contributed by atoms with Crippen LogP contribution in [0.15, 0.2) is 109 Å². The number of carbonyl (C=O) groups excluding carboxylic acids is 4. The number of aromatic hydroxyl groups is 1. The van der Waals surface area contributed by atoms with E-state index in [9.17, 15) is 14.7 Å². The molecule has 2 saturated heterocycles. The normalized spacial score (nSPS) is 24.8. The number of thiophene rings is 1. The molecule has 4 aliphatic rings. The predicted molar refractivity (Wildman–Crippen MR) is 232 cm³/mol. The Morgan fingerprint density at radius 2 is 1.63 bits per heavy atom. The lowest BCUT2D eigenvalue weighted by atomic mass is 9.51. The van der Waals surface area contributed by atoms with Crippen LogP contribution in [-0.4, -0.2) is 45.6 Å². The zero-order chi connectivity index (χ0) is 41.8. The number of nitrogens with zero attached hydrogens (tertiary/aromatic N) is 4. The maximum atomic E-state index is 15.2. The van der Waals surface area contributed by atoms with Gasteiger partial charge in [-0.1, -0.05) is 53.6 Å². The van der Waals surface area contributed by atoms with Gasteiger partial charge in [0, 0.05) is 45.7 Å². The Morgan fingerprint density at radius 1 is 0.883 bits per heavy atom. The highest BCUT2D eigenvalue weighted by atomic mass is 35.5. The number of aromatic nitrogens is 2. The molecule has 302 valence electrons. The standard InChI is InChI=1S/C47H40ClN5O6S/c1-24-32-21-25(48)13-20-37(32)60-42(24)35-23-38(51(3)50-35)53-44(56)34-22-33-29(40(47(34,2)46(53)58)31-11-8-12-36(59-4)41(31)54)18-19-30-39(33)45(57)52(43(30)55)28-16-14-27(15-17-28)49-26-9-6-5-7-10-26/h5-18,20-21,23,30,33-34,39-40,49,54H,19,22H2,1-4H3/t30-,33+,34-,39-,40+,47+/m0/s1. The molecule has 6 atom stereocenters. The van der Waals surface area contributed by atoms with Gasteiger partial charge in [0.2, 0.25) is 23.6 Å². The second-order valence-corrected chi connectivity index (χ2v) is 17.8. The van der Waals surface area contributed by atoms with E-state index in [1.165, 1.54) is 16.9 Å². The zero-order valence-corrected chi connectivity index (χ0v) is 34.8. The summed E-state index contributed by atoms with van der Waals surface area (Å²) in [5, 5.41) is 21.5. The maximum Gasteiger partial charge on any atom is 0.242 e. The van der Waals surface area contributed by atoms with Crippen LogP contribution in [0, 0.1) is 36.0 Å². The number of allylic oxidation sites excluding steroid dienone is 2. The number of anilines is 4. The Labute approximate surface area is 354 Å². The third-order valence-electron chi connectivity index (χ3n) is 13.2. The van der Waals surface area contributed by atoms with Crippen LogP contribution in [0.4, 0.5) is 22.9 Å². The molecular weight excluding hydrogens is 798 g/mol. The van der Waals surface area contributed by atoms with Crippen molar-refractivity contribution in [3.63, 3.8) is 0 Å². The van der Waals surface area contributed by atoms with Crippen LogP contribution in [0.25, 0.3) is 20.7 Å². The van der Waals surface area contributed by atoms with Crippen molar-refractivity contribution in [2.75, 3.05) is 22.2 Å². The Bertz CT molecular complexity index is 2830. The summed E-state index contributed by atoms with van der Waals surface area (Å²) >= 11 is 7.90. The molecule has 2 N–H and O–H groups in total. The van der Waals surface area contributed by atoms with E-state index in [-0.39, 0.29) is 36.2 Å². The number of imide groups is 2. The number of aryl methyl sites for hydroxylation is 2. The average Bonchev–Trinajstić information content (AvgIpc) is 3.92. The SMILES string of the molecule is COc1cccc([C@H]2C3=CC[C@@H]4C(=O)N(c5ccc(Nc6ccccc6)cc5)C(=O)[C@@H]4[C@@H]3C[C@H]3C(=O)N(c4cc(-c5sc6ccc(Cl)cc6c5C)nn4C)C(=O)[C@@]23C)c1O. The molecule has 10 rings (SSSR count). The summed E-state index contributed by atoms with van der Waals surface area (Å²) in [5.41, 5.74) is 3.58. The molecule has 60 heavy (non-hydrogen) atoms. The molecule has 4 amide bonds. The molecule has 0 radical (unpaired) electrons. The number of methoxy groups -OCH3 is 1. The van der Waals surface area contributed by atoms with Gasteiger partial charge in [0.15, 0.2) is 11.5 Å². The summed E-state index contributed by atoms with van der Waals surface area (Å²) in [7, 11) is 3.17. The predicted octanol–water partition coefficient (Wildman–Crippen LogP) is 9.16. The third-order valence-corrected chi connectivity index (χ3v) is 14.8. The van der Waals surface area contributed by atoms with E-state index in [2.05, 4.69) is 5.32 Å². The van der Waals surface area contributed by atoms with Gasteiger partial charge in [-0.25, -0.2) is 4.90 Å². The number of halogens is 1. The summed E-state index contributed by atoms with van der Waals surface area (Å²) in [4.78, 5) is 62.6. The second kappa shape index (κ2) is 13.9. The van der Waals surface area contributed by atoms with Gasteiger partial charge < -0.3 is 15.2 Å². The monoisotopic (exact) mass is 837 g/mol. The fourth-order valence-electron chi connectivity index (χ4n) is 10.4. The molecule has 0 unspecified atom stereocenters. The fourth-order valence-corrected chi connectivity index (χ4v) is 11.7. The number of para-hydroxylation sites is 2. The van der Waals surface area contributed by atoms with Crippen LogP contribution >= 0.6 is 22.9 Å². The van der Waals surface area contributed by atoms with Crippen molar-refractivity contribution in [2.24, 2.45) is 36.1 Å². The molecular formula is C47H40ClN5O6S. The van der Waals surface area contributed by atoms with Crippen molar-refractivity contribution in [3.05, 3.63) is 125 Å². The van der Waals surface area contributed by atoms with Gasteiger partial charge in [-0.2, -0.15) is 5.10 Å². The van der Waals surface area contributed by atoms with Crippen LogP contribution in [-0.2, 0) is 26.2 Å². The molecule has 0 spiro atoms. The number of rotatable bonds is 7. The number of phenols is 1. The highest BCUT2D eigenvalue weighted by molar-refractivity contribution is 7.22. The number of phenolic OH excluding ortho intramolecular Hbond substituents is 1. The molecule has 13 heteroatoms. The molecule has 4 heterocycles.